The van der Waals surface area contributed by atoms with Crippen LogP contribution in [0.15, 0.2) is 29.2 Å². The Morgan fingerprint density at radius 2 is 1.91 bits per heavy atom. The number of carbonyl (C=O) groups is 1. The van der Waals surface area contributed by atoms with E-state index in [9.17, 15) is 13.2 Å². The van der Waals surface area contributed by atoms with Gasteiger partial charge in [0.25, 0.3) is 0 Å². The van der Waals surface area contributed by atoms with Crippen molar-refractivity contribution >= 4 is 15.9 Å². The summed E-state index contributed by atoms with van der Waals surface area (Å²) in [6.45, 7) is 5.71. The van der Waals surface area contributed by atoms with Crippen LogP contribution in [-0.2, 0) is 21.2 Å². The Morgan fingerprint density at radius 1 is 1.26 bits per heavy atom. The quantitative estimate of drug-likeness (QED) is 0.795. The number of hydrogen-bond acceptors (Lipinski definition) is 4. The number of benzene rings is 1. The Balaban J connectivity index is 1.98. The van der Waals surface area contributed by atoms with Crippen LogP contribution >= 0.6 is 0 Å². The SMILES string of the molecule is CC(=O)NCCc1ccc(S(=O)(=O)N[C@H]2CN(C)C[C@@H]2C)cc1. The standard InChI is InChI=1S/C16H25N3O3S/c1-12-10-19(3)11-16(12)18-23(21,22)15-6-4-14(5-7-15)8-9-17-13(2)20/h4-7,12,16,18H,8-11H2,1-3H3,(H,17,20)/t12-,16-/m0/s1. The molecule has 7 heteroatoms. The second kappa shape index (κ2) is 7.42. The highest BCUT2D eigenvalue weighted by Gasteiger charge is 2.31. The fraction of sp³-hybridized carbons (Fsp3) is 0.562. The average Bonchev–Trinajstić information content (AvgIpc) is 2.76. The third-order valence-electron chi connectivity index (χ3n) is 4.12. The molecule has 1 aliphatic heterocycles. The third kappa shape index (κ3) is 5.02. The summed E-state index contributed by atoms with van der Waals surface area (Å²) < 4.78 is 27.7. The first-order chi connectivity index (χ1) is 10.8. The highest BCUT2D eigenvalue weighted by molar-refractivity contribution is 7.89. The second-order valence-corrected chi connectivity index (χ2v) is 8.02. The number of amides is 1. The zero-order chi connectivity index (χ0) is 17.0. The zero-order valence-electron chi connectivity index (χ0n) is 13.9. The van der Waals surface area contributed by atoms with Crippen molar-refractivity contribution in [1.82, 2.24) is 14.9 Å². The summed E-state index contributed by atoms with van der Waals surface area (Å²) >= 11 is 0. The van der Waals surface area contributed by atoms with Gasteiger partial charge in [0.05, 0.1) is 4.90 Å². The van der Waals surface area contributed by atoms with Crippen LogP contribution in [0.3, 0.4) is 0 Å². The molecule has 1 aromatic carbocycles. The summed E-state index contributed by atoms with van der Waals surface area (Å²) in [6.07, 6.45) is 0.678. The predicted molar refractivity (Wildman–Crippen MR) is 89.6 cm³/mol. The van der Waals surface area contributed by atoms with Crippen molar-refractivity contribution in [2.45, 2.75) is 31.2 Å². The molecule has 0 bridgehead atoms. The molecule has 0 unspecified atom stereocenters. The maximum absolute atomic E-state index is 12.5. The van der Waals surface area contributed by atoms with Crippen molar-refractivity contribution < 1.29 is 13.2 Å². The number of carbonyl (C=O) groups excluding carboxylic acids is 1. The van der Waals surface area contributed by atoms with E-state index >= 15 is 0 Å². The van der Waals surface area contributed by atoms with Gasteiger partial charge < -0.3 is 10.2 Å². The molecule has 2 rings (SSSR count). The molecule has 6 nitrogen and oxygen atoms in total. The van der Waals surface area contributed by atoms with Crippen LogP contribution in [0.2, 0.25) is 0 Å². The number of likely N-dealkylation sites (N-methyl/N-ethyl adjacent to an activating group) is 1. The average molecular weight is 339 g/mol. The van der Waals surface area contributed by atoms with E-state index in [0.717, 1.165) is 18.7 Å². The van der Waals surface area contributed by atoms with Crippen LogP contribution in [0.25, 0.3) is 0 Å². The van der Waals surface area contributed by atoms with E-state index in [1.54, 1.807) is 24.3 Å². The Bertz CT molecular complexity index is 643. The van der Waals surface area contributed by atoms with Gasteiger partial charge in [-0.3, -0.25) is 4.79 Å². The normalized spacial score (nSPS) is 22.2. The zero-order valence-corrected chi connectivity index (χ0v) is 14.7. The summed E-state index contributed by atoms with van der Waals surface area (Å²) in [5.41, 5.74) is 0.992. The molecule has 1 heterocycles. The van der Waals surface area contributed by atoms with Gasteiger partial charge in [0.15, 0.2) is 0 Å². The van der Waals surface area contributed by atoms with Gasteiger partial charge in [-0.1, -0.05) is 19.1 Å². The molecule has 1 amide bonds. The molecule has 0 aromatic heterocycles. The first-order valence-electron chi connectivity index (χ1n) is 7.82. The fourth-order valence-corrected chi connectivity index (χ4v) is 4.18. The summed E-state index contributed by atoms with van der Waals surface area (Å²) in [5, 5.41) is 2.72. The van der Waals surface area contributed by atoms with Gasteiger partial charge in [0.1, 0.15) is 0 Å². The molecule has 23 heavy (non-hydrogen) atoms. The van der Waals surface area contributed by atoms with E-state index in [-0.39, 0.29) is 16.8 Å². The number of hydrogen-bond donors (Lipinski definition) is 2. The smallest absolute Gasteiger partial charge is 0.240 e. The Kier molecular flexibility index (Phi) is 5.78. The van der Waals surface area contributed by atoms with E-state index in [0.29, 0.717) is 18.9 Å². The number of sulfonamides is 1. The Labute approximate surface area is 138 Å². The van der Waals surface area contributed by atoms with Crippen molar-refractivity contribution in [3.63, 3.8) is 0 Å². The number of likely N-dealkylation sites (tertiary alicyclic amines) is 1. The summed E-state index contributed by atoms with van der Waals surface area (Å²) in [5.74, 6) is 0.232. The molecule has 1 aromatic rings. The van der Waals surface area contributed by atoms with Gasteiger partial charge >= 0.3 is 0 Å². The van der Waals surface area contributed by atoms with Crippen LogP contribution in [0.1, 0.15) is 19.4 Å². The van der Waals surface area contributed by atoms with Crippen LogP contribution in [0, 0.1) is 5.92 Å². The minimum atomic E-state index is -3.50. The summed E-state index contributed by atoms with van der Waals surface area (Å²) in [4.78, 5) is 13.2. The molecule has 2 N–H and O–H groups in total. The van der Waals surface area contributed by atoms with Gasteiger partial charge in [0.2, 0.25) is 15.9 Å². The van der Waals surface area contributed by atoms with Gasteiger partial charge in [0, 0.05) is 32.6 Å². The minimum absolute atomic E-state index is 0.0514. The van der Waals surface area contributed by atoms with Crippen molar-refractivity contribution in [2.24, 2.45) is 5.92 Å². The highest BCUT2D eigenvalue weighted by atomic mass is 32.2. The minimum Gasteiger partial charge on any atom is -0.356 e. The largest absolute Gasteiger partial charge is 0.356 e. The summed E-state index contributed by atoms with van der Waals surface area (Å²) in [7, 11) is -1.50. The molecule has 0 spiro atoms. The Morgan fingerprint density at radius 3 is 2.43 bits per heavy atom. The lowest BCUT2D eigenvalue weighted by atomic mass is 10.1. The topological polar surface area (TPSA) is 78.5 Å². The maximum Gasteiger partial charge on any atom is 0.240 e. The van der Waals surface area contributed by atoms with Crippen molar-refractivity contribution in [1.29, 1.82) is 0 Å². The molecule has 1 saturated heterocycles. The molecule has 1 aliphatic rings. The number of rotatable bonds is 6. The van der Waals surface area contributed by atoms with Crippen LogP contribution in [0.4, 0.5) is 0 Å². The molecule has 2 atom stereocenters. The van der Waals surface area contributed by atoms with E-state index in [1.165, 1.54) is 6.92 Å². The maximum atomic E-state index is 12.5. The lowest BCUT2D eigenvalue weighted by molar-refractivity contribution is -0.118. The Hall–Kier alpha value is -1.44. The van der Waals surface area contributed by atoms with E-state index in [2.05, 4.69) is 21.9 Å². The van der Waals surface area contributed by atoms with E-state index in [1.807, 2.05) is 7.05 Å². The van der Waals surface area contributed by atoms with Crippen LogP contribution in [-0.4, -0.2) is 51.9 Å². The third-order valence-corrected chi connectivity index (χ3v) is 5.63. The van der Waals surface area contributed by atoms with Crippen molar-refractivity contribution in [2.75, 3.05) is 26.7 Å². The predicted octanol–water partition coefficient (Wildman–Crippen LogP) is 0.594. The van der Waals surface area contributed by atoms with Gasteiger partial charge in [-0.15, -0.1) is 0 Å². The van der Waals surface area contributed by atoms with Crippen LogP contribution in [0.5, 0.6) is 0 Å². The summed E-state index contributed by atoms with van der Waals surface area (Å²) in [6, 6.07) is 6.77. The first-order valence-corrected chi connectivity index (χ1v) is 9.30. The molecule has 1 fully saturated rings. The molecule has 0 radical (unpaired) electrons. The van der Waals surface area contributed by atoms with E-state index < -0.39 is 10.0 Å². The molecule has 0 saturated carbocycles. The fourth-order valence-electron chi connectivity index (χ4n) is 2.85. The first kappa shape index (κ1) is 17.9. The van der Waals surface area contributed by atoms with Crippen molar-refractivity contribution in [3.05, 3.63) is 29.8 Å². The van der Waals surface area contributed by atoms with E-state index in [4.69, 9.17) is 0 Å². The monoisotopic (exact) mass is 339 g/mol. The lowest BCUT2D eigenvalue weighted by Gasteiger charge is -2.16. The van der Waals surface area contributed by atoms with Crippen LogP contribution < -0.4 is 10.0 Å². The highest BCUT2D eigenvalue weighted by Crippen LogP contribution is 2.18. The molecule has 128 valence electrons. The van der Waals surface area contributed by atoms with Gasteiger partial charge in [-0.2, -0.15) is 0 Å². The van der Waals surface area contributed by atoms with Gasteiger partial charge in [-0.25, -0.2) is 13.1 Å². The number of nitrogens with one attached hydrogen (secondary N) is 2. The molecular weight excluding hydrogens is 314 g/mol. The second-order valence-electron chi connectivity index (χ2n) is 6.30. The lowest BCUT2D eigenvalue weighted by Crippen LogP contribution is -2.39. The van der Waals surface area contributed by atoms with Crippen molar-refractivity contribution in [3.8, 4) is 0 Å². The number of nitrogens with zero attached hydrogens (tertiary/aromatic N) is 1. The van der Waals surface area contributed by atoms with Gasteiger partial charge in [-0.05, 0) is 37.1 Å². The molecule has 0 aliphatic carbocycles. The molecular formula is C16H25N3O3S.